The quantitative estimate of drug-likeness (QED) is 0.805. The average molecular weight is 265 g/mol. The zero-order chi connectivity index (χ0) is 14.0. The van der Waals surface area contributed by atoms with Crippen molar-refractivity contribution in [3.05, 3.63) is 17.5 Å². The van der Waals surface area contributed by atoms with Crippen LogP contribution < -0.4 is 5.32 Å². The number of aliphatic carboxylic acids is 1. The Balaban J connectivity index is 2.14. The van der Waals surface area contributed by atoms with Crippen molar-refractivity contribution in [1.82, 2.24) is 15.1 Å². The first-order chi connectivity index (χ1) is 9.06. The summed E-state index contributed by atoms with van der Waals surface area (Å²) in [7, 11) is 0. The van der Waals surface area contributed by atoms with Crippen molar-refractivity contribution in [1.29, 1.82) is 0 Å². The molecule has 0 bridgehead atoms. The number of rotatable bonds is 6. The number of carboxylic acid groups (broad SMARTS) is 1. The molecule has 0 saturated heterocycles. The Morgan fingerprint density at radius 1 is 1.53 bits per heavy atom. The van der Waals surface area contributed by atoms with Crippen LogP contribution in [0.1, 0.15) is 42.9 Å². The lowest BCUT2D eigenvalue weighted by molar-refractivity contribution is -0.139. The van der Waals surface area contributed by atoms with Crippen LogP contribution in [0.5, 0.6) is 0 Å². The van der Waals surface area contributed by atoms with Gasteiger partial charge in [-0.2, -0.15) is 5.10 Å². The lowest BCUT2D eigenvalue weighted by atomic mass is 10.2. The summed E-state index contributed by atoms with van der Waals surface area (Å²) in [5.41, 5.74) is 1.27. The van der Waals surface area contributed by atoms with E-state index in [0.29, 0.717) is 12.2 Å². The number of nitrogens with one attached hydrogen (secondary N) is 1. The Kier molecular flexibility index (Phi) is 3.87. The minimum atomic E-state index is -0.964. The van der Waals surface area contributed by atoms with Crippen LogP contribution >= 0.6 is 0 Å². The van der Waals surface area contributed by atoms with Crippen LogP contribution in [-0.4, -0.2) is 32.8 Å². The number of aryl methyl sites for hydroxylation is 2. The zero-order valence-electron chi connectivity index (χ0n) is 11.2. The van der Waals surface area contributed by atoms with Crippen molar-refractivity contribution in [2.75, 3.05) is 0 Å². The third-order valence-corrected chi connectivity index (χ3v) is 3.37. The summed E-state index contributed by atoms with van der Waals surface area (Å²) in [5, 5.41) is 16.0. The Bertz CT molecular complexity index is 491. The second-order valence-electron chi connectivity index (χ2n) is 4.82. The molecule has 1 aliphatic carbocycles. The lowest BCUT2D eigenvalue weighted by Gasteiger charge is -2.13. The van der Waals surface area contributed by atoms with Gasteiger partial charge >= 0.3 is 5.97 Å². The van der Waals surface area contributed by atoms with Gasteiger partial charge in [0.25, 0.3) is 5.91 Å². The molecule has 1 aromatic heterocycles. The van der Waals surface area contributed by atoms with Gasteiger partial charge in [-0.1, -0.05) is 6.92 Å². The molecule has 1 amide bonds. The summed E-state index contributed by atoms with van der Waals surface area (Å²) in [4.78, 5) is 23.3. The molecule has 0 radical (unpaired) electrons. The molecular formula is C13H19N3O3. The molecule has 6 heteroatoms. The number of hydrogen-bond donors (Lipinski definition) is 2. The molecule has 1 fully saturated rings. The van der Waals surface area contributed by atoms with Crippen LogP contribution in [0, 0.1) is 5.92 Å². The van der Waals surface area contributed by atoms with Gasteiger partial charge in [0.2, 0.25) is 0 Å². The summed E-state index contributed by atoms with van der Waals surface area (Å²) >= 11 is 0. The number of aromatic nitrogens is 2. The third-order valence-electron chi connectivity index (χ3n) is 3.37. The average Bonchev–Trinajstić information content (AvgIpc) is 3.13. The summed E-state index contributed by atoms with van der Waals surface area (Å²) < 4.78 is 1.61. The molecule has 2 rings (SSSR count). The standard InChI is InChI=1S/C13H19N3O3/c1-3-9-7-10(16(4-2)15-9)12(17)14-11(13(18)19)8-5-6-8/h7-8,11H,3-6H2,1-2H3,(H,14,17)(H,18,19). The molecule has 0 aromatic carbocycles. The highest BCUT2D eigenvalue weighted by molar-refractivity contribution is 5.95. The summed E-state index contributed by atoms with van der Waals surface area (Å²) in [6.07, 6.45) is 2.48. The molecule has 6 nitrogen and oxygen atoms in total. The predicted octanol–water partition coefficient (Wildman–Crippen LogP) is 1.06. The van der Waals surface area contributed by atoms with E-state index in [1.54, 1.807) is 10.7 Å². The first kappa shape index (κ1) is 13.6. The van der Waals surface area contributed by atoms with Gasteiger partial charge in [0.05, 0.1) is 5.69 Å². The predicted molar refractivity (Wildman–Crippen MR) is 68.9 cm³/mol. The van der Waals surface area contributed by atoms with Gasteiger partial charge in [0.15, 0.2) is 0 Å². The van der Waals surface area contributed by atoms with Crippen molar-refractivity contribution in [2.45, 2.75) is 45.7 Å². The van der Waals surface area contributed by atoms with Crippen molar-refractivity contribution < 1.29 is 14.7 Å². The molecule has 1 aliphatic rings. The minimum Gasteiger partial charge on any atom is -0.480 e. The van der Waals surface area contributed by atoms with Gasteiger partial charge in [-0.25, -0.2) is 4.79 Å². The number of carboxylic acids is 1. The Labute approximate surface area is 111 Å². The lowest BCUT2D eigenvalue weighted by Crippen LogP contribution is -2.43. The van der Waals surface area contributed by atoms with E-state index in [4.69, 9.17) is 5.11 Å². The summed E-state index contributed by atoms with van der Waals surface area (Å²) in [5.74, 6) is -1.24. The highest BCUT2D eigenvalue weighted by atomic mass is 16.4. The van der Waals surface area contributed by atoms with E-state index in [-0.39, 0.29) is 11.8 Å². The molecule has 0 spiro atoms. The van der Waals surface area contributed by atoms with Gasteiger partial charge in [-0.3, -0.25) is 9.48 Å². The van der Waals surface area contributed by atoms with Crippen LogP contribution in [0.2, 0.25) is 0 Å². The first-order valence-electron chi connectivity index (χ1n) is 6.67. The summed E-state index contributed by atoms with van der Waals surface area (Å²) in [6.45, 7) is 4.46. The molecule has 1 unspecified atom stereocenters. The van der Waals surface area contributed by atoms with E-state index in [9.17, 15) is 9.59 Å². The van der Waals surface area contributed by atoms with Crippen molar-refractivity contribution >= 4 is 11.9 Å². The molecule has 2 N–H and O–H groups in total. The fourth-order valence-corrected chi connectivity index (χ4v) is 2.09. The van der Waals surface area contributed by atoms with Crippen LogP contribution in [0.15, 0.2) is 6.07 Å². The van der Waals surface area contributed by atoms with E-state index in [2.05, 4.69) is 10.4 Å². The molecule has 0 aliphatic heterocycles. The van der Waals surface area contributed by atoms with Crippen molar-refractivity contribution in [3.8, 4) is 0 Å². The normalized spacial score (nSPS) is 16.1. The highest BCUT2D eigenvalue weighted by Gasteiger charge is 2.37. The number of hydrogen-bond acceptors (Lipinski definition) is 3. The fraction of sp³-hybridized carbons (Fsp3) is 0.615. The third kappa shape index (κ3) is 2.94. The van der Waals surface area contributed by atoms with Gasteiger partial charge < -0.3 is 10.4 Å². The van der Waals surface area contributed by atoms with Crippen molar-refractivity contribution in [2.24, 2.45) is 5.92 Å². The largest absolute Gasteiger partial charge is 0.480 e. The number of amides is 1. The molecule has 1 aromatic rings. The fourth-order valence-electron chi connectivity index (χ4n) is 2.09. The SMILES string of the molecule is CCc1cc(C(=O)NC(C(=O)O)C2CC2)n(CC)n1. The minimum absolute atomic E-state index is 0.0742. The van der Waals surface area contributed by atoms with Gasteiger partial charge in [-0.15, -0.1) is 0 Å². The molecule has 1 saturated carbocycles. The maximum atomic E-state index is 12.2. The smallest absolute Gasteiger partial charge is 0.326 e. The molecule has 104 valence electrons. The van der Waals surface area contributed by atoms with Gasteiger partial charge in [0.1, 0.15) is 11.7 Å². The van der Waals surface area contributed by atoms with E-state index in [1.807, 2.05) is 13.8 Å². The Hall–Kier alpha value is -1.85. The number of nitrogens with zero attached hydrogens (tertiary/aromatic N) is 2. The monoisotopic (exact) mass is 265 g/mol. The van der Waals surface area contributed by atoms with Crippen LogP contribution in [0.3, 0.4) is 0 Å². The maximum Gasteiger partial charge on any atom is 0.326 e. The number of carbonyl (C=O) groups is 2. The molecular weight excluding hydrogens is 246 g/mol. The maximum absolute atomic E-state index is 12.2. The highest BCUT2D eigenvalue weighted by Crippen LogP contribution is 2.32. The van der Waals surface area contributed by atoms with Crippen LogP contribution in [0.25, 0.3) is 0 Å². The Morgan fingerprint density at radius 2 is 2.21 bits per heavy atom. The van der Waals surface area contributed by atoms with E-state index in [0.717, 1.165) is 25.0 Å². The first-order valence-corrected chi connectivity index (χ1v) is 6.67. The van der Waals surface area contributed by atoms with Crippen LogP contribution in [0.4, 0.5) is 0 Å². The summed E-state index contributed by atoms with van der Waals surface area (Å²) in [6, 6.07) is 0.947. The number of carbonyl (C=O) groups excluding carboxylic acids is 1. The van der Waals surface area contributed by atoms with Gasteiger partial charge in [-0.05, 0) is 38.2 Å². The molecule has 19 heavy (non-hydrogen) atoms. The van der Waals surface area contributed by atoms with E-state index < -0.39 is 12.0 Å². The molecule has 1 atom stereocenters. The van der Waals surface area contributed by atoms with E-state index >= 15 is 0 Å². The molecule has 1 heterocycles. The Morgan fingerprint density at radius 3 is 2.68 bits per heavy atom. The van der Waals surface area contributed by atoms with Crippen LogP contribution in [-0.2, 0) is 17.8 Å². The van der Waals surface area contributed by atoms with Gasteiger partial charge in [0, 0.05) is 6.54 Å². The zero-order valence-corrected chi connectivity index (χ0v) is 11.2. The topological polar surface area (TPSA) is 84.2 Å². The second kappa shape index (κ2) is 5.42. The second-order valence-corrected chi connectivity index (χ2v) is 4.82. The van der Waals surface area contributed by atoms with Crippen molar-refractivity contribution in [3.63, 3.8) is 0 Å². The van der Waals surface area contributed by atoms with E-state index in [1.165, 1.54) is 0 Å².